The molecule has 1 saturated heterocycles. The van der Waals surface area contributed by atoms with Gasteiger partial charge < -0.3 is 9.47 Å². The van der Waals surface area contributed by atoms with Crippen molar-refractivity contribution >= 4 is 22.4 Å². The molecule has 3 heteroatoms. The zero-order valence-corrected chi connectivity index (χ0v) is 11.7. The fraction of sp³-hybridized carbons (Fsp3) is 0.375. The molecule has 0 bridgehead atoms. The monoisotopic (exact) mass is 276 g/mol. The Hall–Kier alpha value is -1.25. The van der Waals surface area contributed by atoms with Gasteiger partial charge in [-0.2, -0.15) is 0 Å². The van der Waals surface area contributed by atoms with Gasteiger partial charge in [0, 0.05) is 12.5 Å². The van der Waals surface area contributed by atoms with E-state index in [4.69, 9.17) is 21.1 Å². The van der Waals surface area contributed by atoms with Crippen molar-refractivity contribution < 1.29 is 9.47 Å². The van der Waals surface area contributed by atoms with Crippen molar-refractivity contribution in [1.82, 2.24) is 0 Å². The lowest BCUT2D eigenvalue weighted by atomic mass is 9.96. The maximum atomic E-state index is 6.57. The first-order chi connectivity index (χ1) is 9.28. The second-order valence-corrected chi connectivity index (χ2v) is 5.47. The molecule has 1 aliphatic rings. The summed E-state index contributed by atoms with van der Waals surface area (Å²) in [5.41, 5.74) is 1.18. The smallest absolute Gasteiger partial charge is 0.119 e. The minimum Gasteiger partial charge on any atom is -0.497 e. The highest BCUT2D eigenvalue weighted by molar-refractivity contribution is 6.21. The third-order valence-electron chi connectivity index (χ3n) is 3.77. The average Bonchev–Trinajstić information content (AvgIpc) is 2.99. The molecule has 2 aromatic carbocycles. The molecular formula is C16H17ClO2. The number of hydrogen-bond acceptors (Lipinski definition) is 2. The summed E-state index contributed by atoms with van der Waals surface area (Å²) < 4.78 is 10.7. The highest BCUT2D eigenvalue weighted by Crippen LogP contribution is 2.35. The summed E-state index contributed by atoms with van der Waals surface area (Å²) in [6.45, 7) is 1.60. The van der Waals surface area contributed by atoms with Crippen LogP contribution in [-0.4, -0.2) is 20.3 Å². The first kappa shape index (κ1) is 12.8. The van der Waals surface area contributed by atoms with E-state index in [2.05, 4.69) is 24.3 Å². The lowest BCUT2D eigenvalue weighted by Gasteiger charge is -2.16. The van der Waals surface area contributed by atoms with Crippen LogP contribution in [0.15, 0.2) is 36.4 Å². The Labute approximate surface area is 118 Å². The normalized spacial score (nSPS) is 20.6. The third-order valence-corrected chi connectivity index (χ3v) is 4.38. The molecule has 100 valence electrons. The zero-order valence-electron chi connectivity index (χ0n) is 10.9. The molecule has 0 aromatic heterocycles. The van der Waals surface area contributed by atoms with Gasteiger partial charge in [-0.15, -0.1) is 11.6 Å². The van der Waals surface area contributed by atoms with Crippen LogP contribution in [0.5, 0.6) is 5.75 Å². The summed E-state index contributed by atoms with van der Waals surface area (Å²) in [6.07, 6.45) is 1.05. The van der Waals surface area contributed by atoms with Gasteiger partial charge in [-0.3, -0.25) is 0 Å². The first-order valence-electron chi connectivity index (χ1n) is 6.57. The quantitative estimate of drug-likeness (QED) is 0.784. The van der Waals surface area contributed by atoms with E-state index in [0.717, 1.165) is 25.4 Å². The fourth-order valence-corrected chi connectivity index (χ4v) is 2.93. The van der Waals surface area contributed by atoms with Crippen LogP contribution in [0.25, 0.3) is 10.8 Å². The van der Waals surface area contributed by atoms with E-state index in [-0.39, 0.29) is 5.38 Å². The Kier molecular flexibility index (Phi) is 3.63. The van der Waals surface area contributed by atoms with Gasteiger partial charge in [0.15, 0.2) is 0 Å². The van der Waals surface area contributed by atoms with Crippen molar-refractivity contribution in [3.05, 3.63) is 42.0 Å². The molecule has 2 aromatic rings. The van der Waals surface area contributed by atoms with E-state index < -0.39 is 0 Å². The minimum atomic E-state index is 0.0361. The van der Waals surface area contributed by atoms with E-state index >= 15 is 0 Å². The van der Waals surface area contributed by atoms with Crippen molar-refractivity contribution in [2.24, 2.45) is 5.92 Å². The van der Waals surface area contributed by atoms with Crippen LogP contribution in [0.2, 0.25) is 0 Å². The lowest BCUT2D eigenvalue weighted by Crippen LogP contribution is -2.07. The second kappa shape index (κ2) is 5.40. The number of benzene rings is 2. The van der Waals surface area contributed by atoms with E-state index in [1.54, 1.807) is 7.11 Å². The molecule has 0 amide bonds. The maximum Gasteiger partial charge on any atom is 0.119 e. The molecule has 0 aliphatic carbocycles. The molecular weight excluding hydrogens is 260 g/mol. The van der Waals surface area contributed by atoms with Crippen LogP contribution in [0, 0.1) is 5.92 Å². The number of hydrogen-bond donors (Lipinski definition) is 0. The van der Waals surface area contributed by atoms with Crippen LogP contribution in [-0.2, 0) is 4.74 Å². The molecule has 0 spiro atoms. The van der Waals surface area contributed by atoms with Gasteiger partial charge in [-0.25, -0.2) is 0 Å². The van der Waals surface area contributed by atoms with E-state index in [0.29, 0.717) is 5.92 Å². The lowest BCUT2D eigenvalue weighted by molar-refractivity contribution is 0.185. The number of halogens is 1. The summed E-state index contributed by atoms with van der Waals surface area (Å²) >= 11 is 6.57. The van der Waals surface area contributed by atoms with Gasteiger partial charge in [0.2, 0.25) is 0 Å². The van der Waals surface area contributed by atoms with Gasteiger partial charge in [0.1, 0.15) is 5.75 Å². The van der Waals surface area contributed by atoms with Crippen LogP contribution >= 0.6 is 11.6 Å². The summed E-state index contributed by atoms with van der Waals surface area (Å²) in [6, 6.07) is 12.5. The molecule has 1 fully saturated rings. The molecule has 2 unspecified atom stereocenters. The number of fused-ring (bicyclic) bond motifs is 1. The molecule has 0 N–H and O–H groups in total. The van der Waals surface area contributed by atoms with Crippen molar-refractivity contribution in [2.75, 3.05) is 20.3 Å². The fourth-order valence-electron chi connectivity index (χ4n) is 2.60. The Morgan fingerprint density at radius 2 is 2.00 bits per heavy atom. The summed E-state index contributed by atoms with van der Waals surface area (Å²) in [5.74, 6) is 1.31. The summed E-state index contributed by atoms with van der Waals surface area (Å²) in [5, 5.41) is 2.41. The Bertz CT molecular complexity index is 576. The molecule has 2 nitrogen and oxygen atoms in total. The molecule has 19 heavy (non-hydrogen) atoms. The van der Waals surface area contributed by atoms with Crippen LogP contribution in [0.3, 0.4) is 0 Å². The van der Waals surface area contributed by atoms with Gasteiger partial charge in [0.05, 0.1) is 19.1 Å². The molecule has 1 heterocycles. The van der Waals surface area contributed by atoms with Crippen molar-refractivity contribution in [2.45, 2.75) is 11.8 Å². The average molecular weight is 277 g/mol. The molecule has 0 radical (unpaired) electrons. The van der Waals surface area contributed by atoms with E-state index in [1.165, 1.54) is 16.3 Å². The number of rotatable bonds is 3. The largest absolute Gasteiger partial charge is 0.497 e. The molecule has 2 atom stereocenters. The number of ether oxygens (including phenoxy) is 2. The highest BCUT2D eigenvalue weighted by Gasteiger charge is 2.25. The predicted octanol–water partition coefficient (Wildman–Crippen LogP) is 4.16. The third kappa shape index (κ3) is 2.56. The Balaban J connectivity index is 1.92. The first-order valence-corrected chi connectivity index (χ1v) is 7.01. The van der Waals surface area contributed by atoms with Gasteiger partial charge >= 0.3 is 0 Å². The van der Waals surface area contributed by atoms with Crippen LogP contribution < -0.4 is 4.74 Å². The topological polar surface area (TPSA) is 18.5 Å². The Morgan fingerprint density at radius 3 is 2.74 bits per heavy atom. The predicted molar refractivity (Wildman–Crippen MR) is 78.0 cm³/mol. The summed E-state index contributed by atoms with van der Waals surface area (Å²) in [4.78, 5) is 0. The van der Waals surface area contributed by atoms with Gasteiger partial charge in [0.25, 0.3) is 0 Å². The number of alkyl halides is 1. The van der Waals surface area contributed by atoms with Crippen LogP contribution in [0.4, 0.5) is 0 Å². The van der Waals surface area contributed by atoms with E-state index in [9.17, 15) is 0 Å². The van der Waals surface area contributed by atoms with E-state index in [1.807, 2.05) is 12.1 Å². The summed E-state index contributed by atoms with van der Waals surface area (Å²) in [7, 11) is 1.68. The minimum absolute atomic E-state index is 0.0361. The SMILES string of the molecule is COc1ccc2cc(C(Cl)C3CCOC3)ccc2c1. The van der Waals surface area contributed by atoms with Crippen molar-refractivity contribution in [3.8, 4) is 5.75 Å². The molecule has 0 saturated carbocycles. The van der Waals surface area contributed by atoms with Crippen molar-refractivity contribution in [3.63, 3.8) is 0 Å². The second-order valence-electron chi connectivity index (χ2n) is 5.00. The van der Waals surface area contributed by atoms with Crippen molar-refractivity contribution in [1.29, 1.82) is 0 Å². The highest BCUT2D eigenvalue weighted by atomic mass is 35.5. The van der Waals surface area contributed by atoms with Gasteiger partial charge in [-0.05, 0) is 41.0 Å². The van der Waals surface area contributed by atoms with Crippen LogP contribution in [0.1, 0.15) is 17.4 Å². The Morgan fingerprint density at radius 1 is 1.21 bits per heavy atom. The van der Waals surface area contributed by atoms with Gasteiger partial charge in [-0.1, -0.05) is 18.2 Å². The number of methoxy groups -OCH3 is 1. The standard InChI is InChI=1S/C16H17ClO2/c1-18-15-5-4-11-8-13(3-2-12(11)9-15)16(17)14-6-7-19-10-14/h2-5,8-9,14,16H,6-7,10H2,1H3. The maximum absolute atomic E-state index is 6.57. The molecule has 3 rings (SSSR count). The molecule has 1 aliphatic heterocycles. The zero-order chi connectivity index (χ0) is 13.2.